The van der Waals surface area contributed by atoms with Crippen molar-refractivity contribution in [2.45, 2.75) is 25.2 Å². The van der Waals surface area contributed by atoms with Gasteiger partial charge in [0.05, 0.1) is 0 Å². The lowest BCUT2D eigenvalue weighted by atomic mass is 10.1. The van der Waals surface area contributed by atoms with Gasteiger partial charge < -0.3 is 4.84 Å². The van der Waals surface area contributed by atoms with E-state index in [-0.39, 0.29) is 0 Å². The molecule has 0 amide bonds. The standard InChI is InChI=1S/C12H17NOS/c1-4-5-9(2)11-7-6-10(14-13-3)8-12(11)15/h5-8,13,15H,4H2,1-3H3/b9-5-. The van der Waals surface area contributed by atoms with E-state index in [4.69, 9.17) is 4.84 Å². The van der Waals surface area contributed by atoms with Crippen molar-refractivity contribution >= 4 is 18.2 Å². The molecule has 0 spiro atoms. The van der Waals surface area contributed by atoms with Crippen LogP contribution in [0.3, 0.4) is 0 Å². The summed E-state index contributed by atoms with van der Waals surface area (Å²) in [6.45, 7) is 4.22. The molecule has 0 aromatic heterocycles. The Morgan fingerprint density at radius 3 is 2.80 bits per heavy atom. The molecule has 1 N–H and O–H groups in total. The van der Waals surface area contributed by atoms with Gasteiger partial charge in [0.2, 0.25) is 0 Å². The molecule has 0 atom stereocenters. The van der Waals surface area contributed by atoms with Crippen LogP contribution in [0.5, 0.6) is 5.75 Å². The predicted octanol–water partition coefficient (Wildman–Crippen LogP) is 3.30. The van der Waals surface area contributed by atoms with E-state index < -0.39 is 0 Å². The van der Waals surface area contributed by atoms with Gasteiger partial charge in [-0.05, 0) is 42.7 Å². The van der Waals surface area contributed by atoms with Gasteiger partial charge in [0.15, 0.2) is 0 Å². The Morgan fingerprint density at radius 2 is 2.27 bits per heavy atom. The van der Waals surface area contributed by atoms with Gasteiger partial charge in [-0.1, -0.05) is 13.0 Å². The molecule has 0 fully saturated rings. The molecule has 0 aliphatic rings. The molecule has 82 valence electrons. The number of nitrogens with one attached hydrogen (secondary N) is 1. The molecule has 0 radical (unpaired) electrons. The van der Waals surface area contributed by atoms with Crippen molar-refractivity contribution in [1.29, 1.82) is 0 Å². The lowest BCUT2D eigenvalue weighted by Crippen LogP contribution is -2.10. The molecule has 0 bridgehead atoms. The molecule has 0 saturated carbocycles. The second kappa shape index (κ2) is 5.83. The van der Waals surface area contributed by atoms with E-state index in [9.17, 15) is 0 Å². The summed E-state index contributed by atoms with van der Waals surface area (Å²) in [7, 11) is 1.73. The first-order valence-electron chi connectivity index (χ1n) is 5.02. The van der Waals surface area contributed by atoms with Crippen LogP contribution in [0, 0.1) is 0 Å². The maximum atomic E-state index is 5.16. The summed E-state index contributed by atoms with van der Waals surface area (Å²) in [6.07, 6.45) is 3.22. The van der Waals surface area contributed by atoms with Crippen molar-refractivity contribution in [3.8, 4) is 5.75 Å². The molecule has 2 nitrogen and oxygen atoms in total. The topological polar surface area (TPSA) is 21.3 Å². The predicted molar refractivity (Wildman–Crippen MR) is 67.3 cm³/mol. The molecule has 15 heavy (non-hydrogen) atoms. The zero-order valence-electron chi connectivity index (χ0n) is 9.37. The van der Waals surface area contributed by atoms with Crippen molar-refractivity contribution in [2.75, 3.05) is 7.05 Å². The van der Waals surface area contributed by atoms with Gasteiger partial charge in [-0.25, -0.2) is 0 Å². The van der Waals surface area contributed by atoms with Crippen LogP contribution in [0.4, 0.5) is 0 Å². The summed E-state index contributed by atoms with van der Waals surface area (Å²) in [5.74, 6) is 0.774. The van der Waals surface area contributed by atoms with Crippen LogP contribution in [0.1, 0.15) is 25.8 Å². The van der Waals surface area contributed by atoms with Gasteiger partial charge in [0.1, 0.15) is 5.75 Å². The summed E-state index contributed by atoms with van der Waals surface area (Å²) in [4.78, 5) is 6.10. The van der Waals surface area contributed by atoms with Crippen LogP contribution in [-0.4, -0.2) is 7.05 Å². The SMILES string of the molecule is CC/C=C(/C)c1ccc(ONC)cc1S. The summed E-state index contributed by atoms with van der Waals surface area (Å²) < 4.78 is 0. The first-order valence-corrected chi connectivity index (χ1v) is 5.47. The van der Waals surface area contributed by atoms with Crippen LogP contribution in [0.2, 0.25) is 0 Å². The van der Waals surface area contributed by atoms with E-state index in [1.54, 1.807) is 7.05 Å². The average molecular weight is 223 g/mol. The monoisotopic (exact) mass is 223 g/mol. The number of hydrogen-bond acceptors (Lipinski definition) is 3. The molecule has 3 heteroatoms. The van der Waals surface area contributed by atoms with E-state index in [1.165, 1.54) is 5.57 Å². The Morgan fingerprint density at radius 1 is 1.53 bits per heavy atom. The highest BCUT2D eigenvalue weighted by molar-refractivity contribution is 7.80. The number of thiol groups is 1. The highest BCUT2D eigenvalue weighted by atomic mass is 32.1. The van der Waals surface area contributed by atoms with Gasteiger partial charge in [-0.15, -0.1) is 12.6 Å². The molecule has 0 aliphatic heterocycles. The first-order chi connectivity index (χ1) is 7.19. The van der Waals surface area contributed by atoms with Crippen LogP contribution in [-0.2, 0) is 0 Å². The number of hydrogen-bond donors (Lipinski definition) is 2. The molecule has 1 rings (SSSR count). The fourth-order valence-corrected chi connectivity index (χ4v) is 1.82. The van der Waals surface area contributed by atoms with E-state index in [0.717, 1.165) is 22.6 Å². The molecule has 0 heterocycles. The smallest absolute Gasteiger partial charge is 0.148 e. The van der Waals surface area contributed by atoms with Crippen molar-refractivity contribution in [3.05, 3.63) is 29.8 Å². The number of hydroxylamine groups is 1. The Labute approximate surface area is 96.7 Å². The largest absolute Gasteiger partial charge is 0.409 e. The zero-order chi connectivity index (χ0) is 11.3. The van der Waals surface area contributed by atoms with Gasteiger partial charge in [0.25, 0.3) is 0 Å². The van der Waals surface area contributed by atoms with Crippen molar-refractivity contribution in [2.24, 2.45) is 0 Å². The average Bonchev–Trinajstić information content (AvgIpc) is 2.18. The highest BCUT2D eigenvalue weighted by Gasteiger charge is 2.02. The van der Waals surface area contributed by atoms with E-state index in [2.05, 4.69) is 38.0 Å². The lowest BCUT2D eigenvalue weighted by Gasteiger charge is -2.08. The fraction of sp³-hybridized carbons (Fsp3) is 0.333. The number of allylic oxidation sites excluding steroid dienone is 2. The Bertz CT molecular complexity index is 361. The van der Waals surface area contributed by atoms with Crippen molar-refractivity contribution in [1.82, 2.24) is 5.48 Å². The van der Waals surface area contributed by atoms with Gasteiger partial charge in [-0.2, -0.15) is 5.48 Å². The Kier molecular flexibility index (Phi) is 4.72. The molecule has 0 aliphatic carbocycles. The Balaban J connectivity index is 2.97. The molecule has 1 aromatic rings. The van der Waals surface area contributed by atoms with E-state index >= 15 is 0 Å². The normalized spacial score (nSPS) is 11.6. The minimum atomic E-state index is 0.774. The Hall–Kier alpha value is -0.930. The second-order valence-electron chi connectivity index (χ2n) is 3.28. The quantitative estimate of drug-likeness (QED) is 0.603. The fourth-order valence-electron chi connectivity index (χ4n) is 1.44. The van der Waals surface area contributed by atoms with Gasteiger partial charge in [0, 0.05) is 11.9 Å². The highest BCUT2D eigenvalue weighted by Crippen LogP contribution is 2.26. The molecular weight excluding hydrogens is 206 g/mol. The summed E-state index contributed by atoms with van der Waals surface area (Å²) in [6, 6.07) is 5.86. The summed E-state index contributed by atoms with van der Waals surface area (Å²) >= 11 is 4.44. The molecule has 0 unspecified atom stereocenters. The number of rotatable bonds is 4. The van der Waals surface area contributed by atoms with E-state index in [1.807, 2.05) is 18.2 Å². The van der Waals surface area contributed by atoms with Crippen LogP contribution >= 0.6 is 12.6 Å². The summed E-state index contributed by atoms with van der Waals surface area (Å²) in [5, 5.41) is 0. The minimum Gasteiger partial charge on any atom is -0.409 e. The third kappa shape index (κ3) is 3.29. The van der Waals surface area contributed by atoms with Crippen molar-refractivity contribution in [3.63, 3.8) is 0 Å². The third-order valence-corrected chi connectivity index (χ3v) is 2.49. The maximum Gasteiger partial charge on any atom is 0.148 e. The first kappa shape index (κ1) is 12.1. The van der Waals surface area contributed by atoms with Crippen LogP contribution < -0.4 is 10.3 Å². The third-order valence-electron chi connectivity index (χ3n) is 2.12. The lowest BCUT2D eigenvalue weighted by molar-refractivity contribution is 0.223. The minimum absolute atomic E-state index is 0.774. The summed E-state index contributed by atoms with van der Waals surface area (Å²) in [5.41, 5.74) is 5.04. The maximum absolute atomic E-state index is 5.16. The molecular formula is C12H17NOS. The molecule has 1 aromatic carbocycles. The molecule has 0 saturated heterocycles. The van der Waals surface area contributed by atoms with Gasteiger partial charge in [-0.3, -0.25) is 0 Å². The zero-order valence-corrected chi connectivity index (χ0v) is 10.3. The van der Waals surface area contributed by atoms with Gasteiger partial charge >= 0.3 is 0 Å². The second-order valence-corrected chi connectivity index (χ2v) is 3.76. The van der Waals surface area contributed by atoms with Crippen molar-refractivity contribution < 1.29 is 4.84 Å². The van der Waals surface area contributed by atoms with Crippen LogP contribution in [0.15, 0.2) is 29.2 Å². The van der Waals surface area contributed by atoms with Crippen LogP contribution in [0.25, 0.3) is 5.57 Å². The number of benzene rings is 1. The van der Waals surface area contributed by atoms with E-state index in [0.29, 0.717) is 0 Å².